The summed E-state index contributed by atoms with van der Waals surface area (Å²) < 4.78 is 2.61. The second-order valence-corrected chi connectivity index (χ2v) is 6.52. The molecule has 0 bridgehead atoms. The predicted molar refractivity (Wildman–Crippen MR) is 101 cm³/mol. The van der Waals surface area contributed by atoms with Crippen molar-refractivity contribution in [1.29, 1.82) is 0 Å². The van der Waals surface area contributed by atoms with E-state index in [0.717, 1.165) is 25.9 Å². The smallest absolute Gasteiger partial charge is 0.251 e. The molecule has 4 N–H and O–H groups in total. The van der Waals surface area contributed by atoms with Crippen LogP contribution in [-0.4, -0.2) is 20.6 Å². The first-order chi connectivity index (χ1) is 11.5. The van der Waals surface area contributed by atoms with Crippen LogP contribution in [0, 0.1) is 10.5 Å². The number of rotatable bonds is 4. The molecule has 0 saturated heterocycles. The van der Waals surface area contributed by atoms with E-state index in [2.05, 4.69) is 32.9 Å². The molecule has 3 aromatic rings. The van der Waals surface area contributed by atoms with E-state index in [1.165, 1.54) is 0 Å². The van der Waals surface area contributed by atoms with E-state index >= 15 is 0 Å². The molecule has 3 rings (SSSR count). The first-order valence-corrected chi connectivity index (χ1v) is 8.48. The Kier molecular flexibility index (Phi) is 4.72. The van der Waals surface area contributed by atoms with Gasteiger partial charge >= 0.3 is 0 Å². The molecule has 0 spiro atoms. The van der Waals surface area contributed by atoms with Gasteiger partial charge in [-0.05, 0) is 53.3 Å². The van der Waals surface area contributed by atoms with Crippen LogP contribution in [0.4, 0.5) is 5.82 Å². The highest BCUT2D eigenvalue weighted by molar-refractivity contribution is 14.1. The standard InChI is InChI=1S/C17H17IN4O2/c1-10-7-12-15(21-16(10)19)14(18)13(22(12)9-23)8-20-17(24)11-5-3-2-4-6-11/h2-7,23H,8-9H2,1H3,(H2,19,21)(H,20,24). The number of aliphatic hydroxyl groups is 1. The number of nitrogens with one attached hydrogen (secondary N) is 1. The number of hydrogen-bond acceptors (Lipinski definition) is 4. The second kappa shape index (κ2) is 6.78. The number of aliphatic hydroxyl groups excluding tert-OH is 1. The van der Waals surface area contributed by atoms with Crippen molar-refractivity contribution in [2.75, 3.05) is 5.73 Å². The van der Waals surface area contributed by atoms with Gasteiger partial charge in [0.25, 0.3) is 5.91 Å². The van der Waals surface area contributed by atoms with Crippen molar-refractivity contribution in [1.82, 2.24) is 14.9 Å². The van der Waals surface area contributed by atoms with Crippen LogP contribution in [-0.2, 0) is 13.3 Å². The van der Waals surface area contributed by atoms with Crippen molar-refractivity contribution in [3.05, 3.63) is 56.8 Å². The number of aromatic nitrogens is 2. The Hall–Kier alpha value is -2.13. The molecule has 6 nitrogen and oxygen atoms in total. The van der Waals surface area contributed by atoms with Gasteiger partial charge in [-0.15, -0.1) is 0 Å². The number of anilines is 1. The molecule has 0 atom stereocenters. The molecule has 0 aliphatic heterocycles. The monoisotopic (exact) mass is 436 g/mol. The minimum Gasteiger partial charge on any atom is -0.383 e. The summed E-state index contributed by atoms with van der Waals surface area (Å²) in [7, 11) is 0. The lowest BCUT2D eigenvalue weighted by Crippen LogP contribution is -2.24. The SMILES string of the molecule is Cc1cc2c(nc1N)c(I)c(CNC(=O)c1ccccc1)n2CO. The molecule has 2 heterocycles. The highest BCUT2D eigenvalue weighted by Gasteiger charge is 2.18. The minimum atomic E-state index is -0.193. The Balaban J connectivity index is 1.94. The van der Waals surface area contributed by atoms with Gasteiger partial charge in [0.15, 0.2) is 0 Å². The molecular formula is C17H17IN4O2. The topological polar surface area (TPSA) is 93.2 Å². The zero-order chi connectivity index (χ0) is 17.3. The summed E-state index contributed by atoms with van der Waals surface area (Å²) >= 11 is 2.17. The normalized spacial score (nSPS) is 11.0. The number of nitrogens with two attached hydrogens (primary N) is 1. The summed E-state index contributed by atoms with van der Waals surface area (Å²) in [6, 6.07) is 10.9. The average molecular weight is 436 g/mol. The van der Waals surface area contributed by atoms with Crippen LogP contribution in [0.15, 0.2) is 36.4 Å². The third-order valence-corrected chi connectivity index (χ3v) is 5.04. The van der Waals surface area contributed by atoms with E-state index in [4.69, 9.17) is 5.73 Å². The molecule has 2 aromatic heterocycles. The van der Waals surface area contributed by atoms with Gasteiger partial charge in [-0.1, -0.05) is 18.2 Å². The Labute approximate surface area is 152 Å². The van der Waals surface area contributed by atoms with Crippen LogP contribution in [0.5, 0.6) is 0 Å². The summed E-state index contributed by atoms with van der Waals surface area (Å²) in [6.45, 7) is 1.98. The molecular weight excluding hydrogens is 419 g/mol. The predicted octanol–water partition coefficient (Wildman–Crippen LogP) is 2.41. The van der Waals surface area contributed by atoms with E-state index < -0.39 is 0 Å². The van der Waals surface area contributed by atoms with Crippen LogP contribution in [0.25, 0.3) is 11.0 Å². The number of benzene rings is 1. The van der Waals surface area contributed by atoms with E-state index in [1.807, 2.05) is 31.2 Å². The van der Waals surface area contributed by atoms with Gasteiger partial charge < -0.3 is 20.7 Å². The second-order valence-electron chi connectivity index (χ2n) is 5.44. The lowest BCUT2D eigenvalue weighted by Gasteiger charge is -2.09. The van der Waals surface area contributed by atoms with E-state index in [-0.39, 0.29) is 12.6 Å². The van der Waals surface area contributed by atoms with Gasteiger partial charge in [0, 0.05) is 5.56 Å². The third-order valence-electron chi connectivity index (χ3n) is 3.90. The van der Waals surface area contributed by atoms with Gasteiger partial charge in [0.1, 0.15) is 18.1 Å². The van der Waals surface area contributed by atoms with Gasteiger partial charge in [-0.2, -0.15) is 0 Å². The largest absolute Gasteiger partial charge is 0.383 e. The first kappa shape index (κ1) is 16.7. The molecule has 0 aliphatic rings. The number of fused-ring (bicyclic) bond motifs is 1. The summed E-state index contributed by atoms with van der Waals surface area (Å²) in [5.74, 6) is 0.306. The highest BCUT2D eigenvalue weighted by Crippen LogP contribution is 2.28. The number of nitrogens with zero attached hydrogens (tertiary/aromatic N) is 2. The summed E-state index contributed by atoms with van der Waals surface area (Å²) in [4.78, 5) is 16.6. The van der Waals surface area contributed by atoms with Crippen molar-refractivity contribution in [3.63, 3.8) is 0 Å². The van der Waals surface area contributed by atoms with Gasteiger partial charge in [-0.25, -0.2) is 4.98 Å². The third kappa shape index (κ3) is 2.96. The molecule has 1 aromatic carbocycles. The quantitative estimate of drug-likeness (QED) is 0.548. The fourth-order valence-electron chi connectivity index (χ4n) is 2.57. The van der Waals surface area contributed by atoms with Crippen molar-refractivity contribution in [2.24, 2.45) is 0 Å². The summed E-state index contributed by atoms with van der Waals surface area (Å²) in [5, 5.41) is 12.6. The summed E-state index contributed by atoms with van der Waals surface area (Å²) in [5.41, 5.74) is 9.68. The molecule has 7 heteroatoms. The fraction of sp³-hybridized carbons (Fsp3) is 0.176. The number of pyridine rings is 1. The van der Waals surface area contributed by atoms with Crippen molar-refractivity contribution in [2.45, 2.75) is 20.2 Å². The van der Waals surface area contributed by atoms with Crippen LogP contribution in [0.1, 0.15) is 21.6 Å². The zero-order valence-corrected chi connectivity index (χ0v) is 15.2. The maximum absolute atomic E-state index is 12.2. The maximum atomic E-state index is 12.2. The molecule has 124 valence electrons. The van der Waals surface area contributed by atoms with Crippen molar-refractivity contribution >= 4 is 45.3 Å². The maximum Gasteiger partial charge on any atom is 0.251 e. The molecule has 0 unspecified atom stereocenters. The number of hydrogen-bond donors (Lipinski definition) is 3. The molecule has 0 fully saturated rings. The van der Waals surface area contributed by atoms with E-state index in [1.54, 1.807) is 16.7 Å². The van der Waals surface area contributed by atoms with Crippen LogP contribution in [0.3, 0.4) is 0 Å². The number of carbonyl (C=O) groups excluding carboxylic acids is 1. The number of nitrogen functional groups attached to an aromatic ring is 1. The Bertz CT molecular complexity index is 906. The van der Waals surface area contributed by atoms with Crippen LogP contribution < -0.4 is 11.1 Å². The summed E-state index contributed by atoms with van der Waals surface area (Å²) in [6.07, 6.45) is 0. The Morgan fingerprint density at radius 1 is 1.38 bits per heavy atom. The Morgan fingerprint density at radius 2 is 2.08 bits per heavy atom. The minimum absolute atomic E-state index is 0.162. The molecule has 1 amide bonds. The Morgan fingerprint density at radius 3 is 2.75 bits per heavy atom. The first-order valence-electron chi connectivity index (χ1n) is 7.40. The lowest BCUT2D eigenvalue weighted by molar-refractivity contribution is 0.0948. The molecule has 24 heavy (non-hydrogen) atoms. The average Bonchev–Trinajstić information content (AvgIpc) is 2.85. The number of halogens is 1. The van der Waals surface area contributed by atoms with Crippen LogP contribution in [0.2, 0.25) is 0 Å². The van der Waals surface area contributed by atoms with Crippen molar-refractivity contribution < 1.29 is 9.90 Å². The number of carbonyl (C=O) groups is 1. The van der Waals surface area contributed by atoms with E-state index in [9.17, 15) is 9.90 Å². The lowest BCUT2D eigenvalue weighted by atomic mass is 10.2. The van der Waals surface area contributed by atoms with Gasteiger partial charge in [-0.3, -0.25) is 4.79 Å². The molecule has 0 radical (unpaired) electrons. The van der Waals surface area contributed by atoms with Gasteiger partial charge in [0.05, 0.1) is 21.3 Å². The van der Waals surface area contributed by atoms with Gasteiger partial charge in [0.2, 0.25) is 0 Å². The number of amides is 1. The number of aryl methyl sites for hydroxylation is 1. The van der Waals surface area contributed by atoms with E-state index in [0.29, 0.717) is 17.9 Å². The fourth-order valence-corrected chi connectivity index (χ4v) is 3.45. The highest BCUT2D eigenvalue weighted by atomic mass is 127. The van der Waals surface area contributed by atoms with Crippen LogP contribution >= 0.6 is 22.6 Å². The molecule has 0 saturated carbocycles. The van der Waals surface area contributed by atoms with Crippen molar-refractivity contribution in [3.8, 4) is 0 Å². The molecule has 0 aliphatic carbocycles. The zero-order valence-electron chi connectivity index (χ0n) is 13.1.